The fraction of sp³-hybridized carbons (Fsp3) is 0.667. The van der Waals surface area contributed by atoms with Gasteiger partial charge in [0.2, 0.25) is 0 Å². The summed E-state index contributed by atoms with van der Waals surface area (Å²) in [6, 6.07) is 0.979. The zero-order chi connectivity index (χ0) is 11.0. The number of aromatic nitrogens is 1. The van der Waals surface area contributed by atoms with Crippen LogP contribution in [0.15, 0.2) is 11.6 Å². The van der Waals surface area contributed by atoms with Crippen LogP contribution in [0.1, 0.15) is 37.1 Å². The van der Waals surface area contributed by atoms with E-state index in [0.717, 1.165) is 19.4 Å². The molecular weight excluding hydrogens is 220 g/mol. The van der Waals surface area contributed by atoms with Crippen LogP contribution in [0.4, 0.5) is 0 Å². The van der Waals surface area contributed by atoms with Crippen molar-refractivity contribution in [1.29, 1.82) is 0 Å². The van der Waals surface area contributed by atoms with Crippen LogP contribution in [-0.2, 0) is 11.3 Å². The Balaban J connectivity index is 1.76. The molecule has 2 saturated heterocycles. The molecule has 3 heterocycles. The molecule has 2 bridgehead atoms. The SMILES string of the molecule is O=C1CC2CCCC(C1)N2Cc1nccs1. The Bertz CT molecular complexity index is 360. The molecule has 2 aliphatic heterocycles. The number of thiazole rings is 1. The van der Waals surface area contributed by atoms with Crippen molar-refractivity contribution in [3.05, 3.63) is 16.6 Å². The molecule has 4 heteroatoms. The van der Waals surface area contributed by atoms with Crippen molar-refractivity contribution >= 4 is 17.1 Å². The van der Waals surface area contributed by atoms with Gasteiger partial charge >= 0.3 is 0 Å². The highest BCUT2D eigenvalue weighted by Crippen LogP contribution is 2.33. The molecule has 2 unspecified atom stereocenters. The number of fused-ring (bicyclic) bond motifs is 2. The van der Waals surface area contributed by atoms with Crippen molar-refractivity contribution in [2.45, 2.75) is 50.7 Å². The van der Waals surface area contributed by atoms with Crippen LogP contribution in [0.3, 0.4) is 0 Å². The Morgan fingerprint density at radius 2 is 2.12 bits per heavy atom. The second kappa shape index (κ2) is 4.26. The van der Waals surface area contributed by atoms with E-state index in [0.29, 0.717) is 17.9 Å². The van der Waals surface area contributed by atoms with E-state index >= 15 is 0 Å². The molecule has 0 spiro atoms. The minimum atomic E-state index is 0.463. The minimum absolute atomic E-state index is 0.463. The summed E-state index contributed by atoms with van der Waals surface area (Å²) in [6.45, 7) is 0.945. The lowest BCUT2D eigenvalue weighted by Gasteiger charge is -2.45. The topological polar surface area (TPSA) is 33.2 Å². The molecule has 2 fully saturated rings. The van der Waals surface area contributed by atoms with Crippen molar-refractivity contribution in [1.82, 2.24) is 9.88 Å². The van der Waals surface area contributed by atoms with Gasteiger partial charge in [0.15, 0.2) is 0 Å². The molecule has 0 saturated carbocycles. The molecule has 3 rings (SSSR count). The maximum atomic E-state index is 11.6. The van der Waals surface area contributed by atoms with E-state index in [4.69, 9.17) is 0 Å². The Morgan fingerprint density at radius 1 is 1.38 bits per heavy atom. The first-order chi connectivity index (χ1) is 7.83. The Hall–Kier alpha value is -0.740. The smallest absolute Gasteiger partial charge is 0.136 e. The van der Waals surface area contributed by atoms with Crippen LogP contribution in [-0.4, -0.2) is 27.8 Å². The third kappa shape index (κ3) is 1.92. The Labute approximate surface area is 99.5 Å². The number of Topliss-reactive ketones (excluding diaryl/α,β-unsaturated/α-hetero) is 1. The standard InChI is InChI=1S/C12H16N2OS/c15-11-6-9-2-1-3-10(7-11)14(9)8-12-13-4-5-16-12/h4-5,9-10H,1-3,6-8H2. The van der Waals surface area contributed by atoms with Crippen molar-refractivity contribution in [2.24, 2.45) is 0 Å². The lowest BCUT2D eigenvalue weighted by molar-refractivity contribution is -0.127. The monoisotopic (exact) mass is 236 g/mol. The molecule has 0 aliphatic carbocycles. The molecule has 1 aromatic rings. The third-order valence-corrected chi connectivity index (χ3v) is 4.51. The van der Waals surface area contributed by atoms with Gasteiger partial charge in [-0.2, -0.15) is 0 Å². The maximum absolute atomic E-state index is 11.6. The highest BCUT2D eigenvalue weighted by molar-refractivity contribution is 7.09. The zero-order valence-corrected chi connectivity index (χ0v) is 10.1. The predicted octanol–water partition coefficient (Wildman–Crippen LogP) is 2.23. The minimum Gasteiger partial charge on any atom is -0.300 e. The van der Waals surface area contributed by atoms with Gasteiger partial charge in [0, 0.05) is 36.5 Å². The maximum Gasteiger partial charge on any atom is 0.136 e. The summed E-state index contributed by atoms with van der Waals surface area (Å²) in [4.78, 5) is 18.5. The number of rotatable bonds is 2. The van der Waals surface area contributed by atoms with E-state index in [9.17, 15) is 4.79 Å². The number of piperidine rings is 2. The Kier molecular flexibility index (Phi) is 2.77. The molecule has 86 valence electrons. The van der Waals surface area contributed by atoms with Crippen LogP contribution in [0.2, 0.25) is 0 Å². The van der Waals surface area contributed by atoms with Gasteiger partial charge in [-0.25, -0.2) is 4.98 Å². The van der Waals surface area contributed by atoms with Crippen molar-refractivity contribution in [3.8, 4) is 0 Å². The van der Waals surface area contributed by atoms with Crippen LogP contribution in [0.25, 0.3) is 0 Å². The number of carbonyl (C=O) groups is 1. The fourth-order valence-corrected chi connectivity index (χ4v) is 3.64. The lowest BCUT2D eigenvalue weighted by Crippen LogP contribution is -2.51. The van der Waals surface area contributed by atoms with E-state index in [1.54, 1.807) is 11.3 Å². The van der Waals surface area contributed by atoms with Gasteiger partial charge in [-0.15, -0.1) is 11.3 Å². The predicted molar refractivity (Wildman–Crippen MR) is 63.3 cm³/mol. The number of hydrogen-bond acceptors (Lipinski definition) is 4. The van der Waals surface area contributed by atoms with E-state index < -0.39 is 0 Å². The van der Waals surface area contributed by atoms with Crippen LogP contribution in [0.5, 0.6) is 0 Å². The molecule has 3 nitrogen and oxygen atoms in total. The third-order valence-electron chi connectivity index (χ3n) is 3.74. The molecule has 0 radical (unpaired) electrons. The van der Waals surface area contributed by atoms with Gasteiger partial charge in [-0.3, -0.25) is 9.69 Å². The van der Waals surface area contributed by atoms with Crippen LogP contribution >= 0.6 is 11.3 Å². The second-order valence-corrected chi connectivity index (χ2v) is 5.76. The zero-order valence-electron chi connectivity index (χ0n) is 9.26. The number of hydrogen-bond donors (Lipinski definition) is 0. The Morgan fingerprint density at radius 3 is 2.75 bits per heavy atom. The van der Waals surface area contributed by atoms with Crippen LogP contribution in [0, 0.1) is 0 Å². The highest BCUT2D eigenvalue weighted by atomic mass is 32.1. The lowest BCUT2D eigenvalue weighted by atomic mass is 9.84. The second-order valence-electron chi connectivity index (χ2n) is 4.78. The number of ketones is 1. The summed E-state index contributed by atoms with van der Waals surface area (Å²) in [7, 11) is 0. The first kappa shape index (κ1) is 10.4. The molecule has 16 heavy (non-hydrogen) atoms. The number of nitrogens with zero attached hydrogens (tertiary/aromatic N) is 2. The first-order valence-corrected chi connectivity index (χ1v) is 6.87. The van der Waals surface area contributed by atoms with Crippen LogP contribution < -0.4 is 0 Å². The van der Waals surface area contributed by atoms with E-state index in [1.807, 2.05) is 11.6 Å². The molecular formula is C12H16N2OS. The summed E-state index contributed by atoms with van der Waals surface area (Å²) < 4.78 is 0. The van der Waals surface area contributed by atoms with Gasteiger partial charge in [0.25, 0.3) is 0 Å². The average Bonchev–Trinajstić information content (AvgIpc) is 2.72. The van der Waals surface area contributed by atoms with E-state index in [-0.39, 0.29) is 0 Å². The first-order valence-electron chi connectivity index (χ1n) is 5.99. The quantitative estimate of drug-likeness (QED) is 0.789. The highest BCUT2D eigenvalue weighted by Gasteiger charge is 2.37. The van der Waals surface area contributed by atoms with Crippen molar-refractivity contribution in [3.63, 3.8) is 0 Å². The molecule has 2 atom stereocenters. The summed E-state index contributed by atoms with van der Waals surface area (Å²) >= 11 is 1.72. The summed E-state index contributed by atoms with van der Waals surface area (Å²) in [6.07, 6.45) is 7.06. The van der Waals surface area contributed by atoms with Gasteiger partial charge < -0.3 is 0 Å². The van der Waals surface area contributed by atoms with Gasteiger partial charge in [0.1, 0.15) is 10.8 Å². The van der Waals surface area contributed by atoms with Crippen molar-refractivity contribution in [2.75, 3.05) is 0 Å². The molecule has 0 N–H and O–H groups in total. The van der Waals surface area contributed by atoms with Gasteiger partial charge in [-0.1, -0.05) is 6.42 Å². The molecule has 0 amide bonds. The molecule has 0 aromatic carbocycles. The fourth-order valence-electron chi connectivity index (χ4n) is 3.01. The summed E-state index contributed by atoms with van der Waals surface area (Å²) in [5, 5.41) is 3.21. The van der Waals surface area contributed by atoms with Gasteiger partial charge in [-0.05, 0) is 12.8 Å². The van der Waals surface area contributed by atoms with E-state index in [1.165, 1.54) is 24.3 Å². The molecule has 2 aliphatic rings. The van der Waals surface area contributed by atoms with E-state index in [2.05, 4.69) is 9.88 Å². The summed E-state index contributed by atoms with van der Waals surface area (Å²) in [5.74, 6) is 0.463. The number of carbonyl (C=O) groups excluding carboxylic acids is 1. The van der Waals surface area contributed by atoms with Crippen molar-refractivity contribution < 1.29 is 4.79 Å². The normalized spacial score (nSPS) is 30.6. The molecule has 1 aromatic heterocycles. The van der Waals surface area contributed by atoms with Gasteiger partial charge in [0.05, 0.1) is 6.54 Å². The summed E-state index contributed by atoms with van der Waals surface area (Å²) in [5.41, 5.74) is 0. The average molecular weight is 236 g/mol. The largest absolute Gasteiger partial charge is 0.300 e.